The average Bonchev–Trinajstić information content (AvgIpc) is 2.89. The maximum absolute atomic E-state index is 12.6. The minimum Gasteiger partial charge on any atom is -0.320 e. The molecule has 0 aromatic carbocycles. The molecular weight excluding hydrogens is 276 g/mol. The van der Waals surface area contributed by atoms with E-state index in [0.29, 0.717) is 11.2 Å². The number of amides is 1. The van der Waals surface area contributed by atoms with Gasteiger partial charge >= 0.3 is 0 Å². The molecule has 0 bridgehead atoms. The highest BCUT2D eigenvalue weighted by molar-refractivity contribution is 7.99. The van der Waals surface area contributed by atoms with Crippen LogP contribution in [0.3, 0.4) is 0 Å². The second-order valence-corrected chi connectivity index (χ2v) is 7.73. The maximum atomic E-state index is 12.6. The van der Waals surface area contributed by atoms with Crippen LogP contribution in [0.4, 0.5) is 0 Å². The molecule has 1 spiro atoms. The zero-order valence-corrected chi connectivity index (χ0v) is 13.0. The Morgan fingerprint density at radius 2 is 2.42 bits per heavy atom. The second-order valence-electron chi connectivity index (χ2n) is 5.48. The summed E-state index contributed by atoms with van der Waals surface area (Å²) >= 11 is 3.60. The van der Waals surface area contributed by atoms with Gasteiger partial charge in [-0.05, 0) is 37.0 Å². The summed E-state index contributed by atoms with van der Waals surface area (Å²) in [5.74, 6) is 0.319. The molecule has 2 unspecified atom stereocenters. The average molecular weight is 296 g/mol. The molecule has 1 saturated carbocycles. The lowest BCUT2D eigenvalue weighted by Gasteiger charge is -2.24. The number of carbonyl (C=O) groups is 1. The highest BCUT2D eigenvalue weighted by Crippen LogP contribution is 2.46. The second kappa shape index (κ2) is 5.11. The van der Waals surface area contributed by atoms with Gasteiger partial charge in [0.15, 0.2) is 0 Å². The SMILES string of the molecule is CSC(C)CCN1C(=O)C2(CC2)NC1c1cccs1. The van der Waals surface area contributed by atoms with Crippen molar-refractivity contribution in [2.75, 3.05) is 12.8 Å². The van der Waals surface area contributed by atoms with Crippen LogP contribution in [-0.2, 0) is 4.79 Å². The Balaban J connectivity index is 1.75. The van der Waals surface area contributed by atoms with Crippen molar-refractivity contribution in [3.8, 4) is 0 Å². The molecule has 1 amide bonds. The first-order valence-electron chi connectivity index (χ1n) is 6.81. The standard InChI is InChI=1S/C14H20N2OS2/c1-10(18-2)5-8-16-12(11-4-3-9-19-11)15-14(6-7-14)13(16)17/h3-4,9-10,12,15H,5-8H2,1-2H3. The van der Waals surface area contributed by atoms with Gasteiger partial charge < -0.3 is 4.90 Å². The molecule has 2 fully saturated rings. The fraction of sp³-hybridized carbons (Fsp3) is 0.643. The Morgan fingerprint density at radius 3 is 3.00 bits per heavy atom. The molecule has 1 saturated heterocycles. The molecule has 1 aromatic heterocycles. The molecule has 1 aliphatic carbocycles. The van der Waals surface area contributed by atoms with Crippen LogP contribution in [0, 0.1) is 0 Å². The molecule has 1 N–H and O–H groups in total. The zero-order chi connectivity index (χ0) is 13.5. The van der Waals surface area contributed by atoms with Gasteiger partial charge in [0.25, 0.3) is 0 Å². The molecule has 1 aliphatic heterocycles. The summed E-state index contributed by atoms with van der Waals surface area (Å²) in [7, 11) is 0. The topological polar surface area (TPSA) is 32.3 Å². The smallest absolute Gasteiger partial charge is 0.244 e. The van der Waals surface area contributed by atoms with E-state index in [1.165, 1.54) is 4.88 Å². The van der Waals surface area contributed by atoms with Gasteiger partial charge in [-0.15, -0.1) is 11.3 Å². The van der Waals surface area contributed by atoms with E-state index in [4.69, 9.17) is 0 Å². The van der Waals surface area contributed by atoms with Crippen molar-refractivity contribution < 1.29 is 4.79 Å². The van der Waals surface area contributed by atoms with Gasteiger partial charge in [-0.1, -0.05) is 13.0 Å². The number of hydrogen-bond donors (Lipinski definition) is 1. The fourth-order valence-corrected chi connectivity index (χ4v) is 3.75. The van der Waals surface area contributed by atoms with Crippen LogP contribution in [0.25, 0.3) is 0 Å². The summed E-state index contributed by atoms with van der Waals surface area (Å²) in [5.41, 5.74) is -0.211. The minimum atomic E-state index is -0.211. The monoisotopic (exact) mass is 296 g/mol. The lowest BCUT2D eigenvalue weighted by molar-refractivity contribution is -0.130. The third-order valence-electron chi connectivity index (χ3n) is 4.14. The lowest BCUT2D eigenvalue weighted by atomic mass is 10.2. The molecule has 19 heavy (non-hydrogen) atoms. The van der Waals surface area contributed by atoms with E-state index >= 15 is 0 Å². The zero-order valence-electron chi connectivity index (χ0n) is 11.4. The first-order valence-corrected chi connectivity index (χ1v) is 8.98. The normalized spacial score (nSPS) is 26.1. The number of rotatable bonds is 5. The Labute approximate surface area is 122 Å². The molecule has 2 heterocycles. The molecule has 0 radical (unpaired) electrons. The van der Waals surface area contributed by atoms with E-state index < -0.39 is 0 Å². The Bertz CT molecular complexity index is 456. The predicted octanol–water partition coefficient (Wildman–Crippen LogP) is 2.85. The largest absolute Gasteiger partial charge is 0.320 e. The van der Waals surface area contributed by atoms with Crippen molar-refractivity contribution in [2.24, 2.45) is 0 Å². The summed E-state index contributed by atoms with van der Waals surface area (Å²) in [5, 5.41) is 6.25. The summed E-state index contributed by atoms with van der Waals surface area (Å²) in [6.07, 6.45) is 5.30. The highest BCUT2D eigenvalue weighted by Gasteiger charge is 2.59. The van der Waals surface area contributed by atoms with Crippen molar-refractivity contribution in [3.63, 3.8) is 0 Å². The van der Waals surface area contributed by atoms with Crippen LogP contribution >= 0.6 is 23.1 Å². The molecule has 1 aromatic rings. The van der Waals surface area contributed by atoms with E-state index in [-0.39, 0.29) is 11.7 Å². The number of thiophene rings is 1. The molecule has 3 nitrogen and oxygen atoms in total. The Morgan fingerprint density at radius 1 is 1.63 bits per heavy atom. The van der Waals surface area contributed by atoms with Crippen molar-refractivity contribution in [3.05, 3.63) is 22.4 Å². The first kappa shape index (κ1) is 13.5. The summed E-state index contributed by atoms with van der Waals surface area (Å²) < 4.78 is 0. The number of nitrogens with zero attached hydrogens (tertiary/aromatic N) is 1. The van der Waals surface area contributed by atoms with Crippen LogP contribution < -0.4 is 5.32 Å². The van der Waals surface area contributed by atoms with Crippen LogP contribution in [0.5, 0.6) is 0 Å². The van der Waals surface area contributed by atoms with Gasteiger partial charge in [0.1, 0.15) is 11.7 Å². The molecule has 3 rings (SSSR count). The predicted molar refractivity (Wildman–Crippen MR) is 81.5 cm³/mol. The molecule has 2 atom stereocenters. The Kier molecular flexibility index (Phi) is 3.62. The molecule has 2 aliphatic rings. The summed E-state index contributed by atoms with van der Waals surface area (Å²) in [6, 6.07) is 4.19. The lowest BCUT2D eigenvalue weighted by Crippen LogP contribution is -2.33. The number of hydrogen-bond acceptors (Lipinski definition) is 4. The molecule has 104 valence electrons. The molecular formula is C14H20N2OS2. The van der Waals surface area contributed by atoms with Gasteiger partial charge in [-0.25, -0.2) is 0 Å². The maximum Gasteiger partial charge on any atom is 0.244 e. The van der Waals surface area contributed by atoms with Gasteiger partial charge in [0.05, 0.1) is 0 Å². The summed E-state index contributed by atoms with van der Waals surface area (Å²) in [6.45, 7) is 3.09. The van der Waals surface area contributed by atoms with E-state index in [9.17, 15) is 4.79 Å². The van der Waals surface area contributed by atoms with Crippen molar-refractivity contribution >= 4 is 29.0 Å². The van der Waals surface area contributed by atoms with Crippen LogP contribution in [0.15, 0.2) is 17.5 Å². The van der Waals surface area contributed by atoms with Gasteiger partial charge in [0, 0.05) is 16.7 Å². The third kappa shape index (κ3) is 2.43. The van der Waals surface area contributed by atoms with Gasteiger partial charge in [-0.3, -0.25) is 10.1 Å². The van der Waals surface area contributed by atoms with Crippen molar-refractivity contribution in [2.45, 2.75) is 43.1 Å². The molecule has 5 heteroatoms. The minimum absolute atomic E-state index is 0.101. The van der Waals surface area contributed by atoms with E-state index in [1.807, 2.05) is 11.8 Å². The number of nitrogens with one attached hydrogen (secondary N) is 1. The Hall–Kier alpha value is -0.520. The third-order valence-corrected chi connectivity index (χ3v) is 6.10. The highest BCUT2D eigenvalue weighted by atomic mass is 32.2. The van der Waals surface area contributed by atoms with Crippen molar-refractivity contribution in [1.82, 2.24) is 10.2 Å². The quantitative estimate of drug-likeness (QED) is 0.907. The van der Waals surface area contributed by atoms with Crippen LogP contribution in [-0.4, -0.2) is 34.4 Å². The number of carbonyl (C=O) groups excluding carboxylic acids is 1. The van der Waals surface area contributed by atoms with Gasteiger partial charge in [0.2, 0.25) is 5.91 Å². The van der Waals surface area contributed by atoms with Crippen LogP contribution in [0.2, 0.25) is 0 Å². The summed E-state index contributed by atoms with van der Waals surface area (Å²) in [4.78, 5) is 15.9. The van der Waals surface area contributed by atoms with Crippen LogP contribution in [0.1, 0.15) is 37.2 Å². The van der Waals surface area contributed by atoms with E-state index in [0.717, 1.165) is 25.8 Å². The first-order chi connectivity index (χ1) is 9.16. The van der Waals surface area contributed by atoms with Gasteiger partial charge in [-0.2, -0.15) is 11.8 Å². The van der Waals surface area contributed by atoms with E-state index in [1.54, 1.807) is 11.3 Å². The van der Waals surface area contributed by atoms with Crippen molar-refractivity contribution in [1.29, 1.82) is 0 Å². The fourth-order valence-electron chi connectivity index (χ4n) is 2.62. The van der Waals surface area contributed by atoms with E-state index in [2.05, 4.69) is 40.9 Å². The number of thioether (sulfide) groups is 1.